The van der Waals surface area contributed by atoms with E-state index in [2.05, 4.69) is 21.4 Å². The summed E-state index contributed by atoms with van der Waals surface area (Å²) < 4.78 is 14.6. The molecular weight excluding hydrogens is 283 g/mol. The van der Waals surface area contributed by atoms with Crippen molar-refractivity contribution in [2.75, 3.05) is 0 Å². The Hall–Kier alpha value is -0.450. The average molecular weight is 299 g/mol. The maximum atomic E-state index is 14.1. The lowest BCUT2D eigenvalue weighted by molar-refractivity contribution is 0.336. The van der Waals surface area contributed by atoms with Crippen LogP contribution in [0.4, 0.5) is 4.39 Å². The maximum absolute atomic E-state index is 14.1. The van der Waals surface area contributed by atoms with Crippen LogP contribution >= 0.6 is 15.9 Å². The second-order valence-electron chi connectivity index (χ2n) is 5.27. The predicted molar refractivity (Wildman–Crippen MR) is 68.5 cm³/mol. The minimum absolute atomic E-state index is 0.0553. The molecule has 3 atom stereocenters. The van der Waals surface area contributed by atoms with Gasteiger partial charge >= 0.3 is 0 Å². The number of nitrogens with one attached hydrogen (secondary N) is 1. The number of rotatable bonds is 3. The van der Waals surface area contributed by atoms with E-state index in [0.717, 1.165) is 11.8 Å². The van der Waals surface area contributed by atoms with Gasteiger partial charge in [0, 0.05) is 5.56 Å². The molecule has 2 aliphatic rings. The van der Waals surface area contributed by atoms with Crippen molar-refractivity contribution in [3.05, 3.63) is 34.1 Å². The van der Waals surface area contributed by atoms with Crippen molar-refractivity contribution in [1.82, 2.24) is 5.43 Å². The SMILES string of the molecule is NNC(c1cccc(Br)c1F)C1CC2CC2C1. The number of nitrogens with two attached hydrogens (primary N) is 1. The van der Waals surface area contributed by atoms with Crippen molar-refractivity contribution in [1.29, 1.82) is 0 Å². The quantitative estimate of drug-likeness (QED) is 0.665. The summed E-state index contributed by atoms with van der Waals surface area (Å²) in [4.78, 5) is 0. The zero-order valence-corrected chi connectivity index (χ0v) is 11.1. The van der Waals surface area contributed by atoms with Gasteiger partial charge in [-0.25, -0.2) is 4.39 Å². The highest BCUT2D eigenvalue weighted by molar-refractivity contribution is 9.10. The summed E-state index contributed by atoms with van der Waals surface area (Å²) >= 11 is 3.23. The van der Waals surface area contributed by atoms with Crippen LogP contribution in [-0.4, -0.2) is 0 Å². The number of hydrazine groups is 1. The summed E-state index contributed by atoms with van der Waals surface area (Å²) in [5.41, 5.74) is 3.50. The van der Waals surface area contributed by atoms with E-state index < -0.39 is 0 Å². The smallest absolute Gasteiger partial charge is 0.142 e. The molecule has 0 heterocycles. The molecule has 17 heavy (non-hydrogen) atoms. The van der Waals surface area contributed by atoms with Crippen molar-refractivity contribution in [3.8, 4) is 0 Å². The van der Waals surface area contributed by atoms with Crippen LogP contribution in [0.1, 0.15) is 30.9 Å². The highest BCUT2D eigenvalue weighted by atomic mass is 79.9. The minimum atomic E-state index is -0.184. The fraction of sp³-hybridized carbons (Fsp3) is 0.538. The van der Waals surface area contributed by atoms with Gasteiger partial charge in [0.05, 0.1) is 10.5 Å². The highest BCUT2D eigenvalue weighted by Crippen LogP contribution is 2.57. The van der Waals surface area contributed by atoms with Gasteiger partial charge < -0.3 is 0 Å². The normalized spacial score (nSPS) is 32.3. The van der Waals surface area contributed by atoms with Crippen molar-refractivity contribution < 1.29 is 4.39 Å². The van der Waals surface area contributed by atoms with Crippen molar-refractivity contribution in [2.24, 2.45) is 23.6 Å². The minimum Gasteiger partial charge on any atom is -0.271 e. The second-order valence-corrected chi connectivity index (χ2v) is 6.13. The molecule has 4 heteroatoms. The number of fused-ring (bicyclic) bond motifs is 1. The van der Waals surface area contributed by atoms with Crippen LogP contribution in [0, 0.1) is 23.6 Å². The zero-order chi connectivity index (χ0) is 12.0. The summed E-state index contributed by atoms with van der Waals surface area (Å²) in [6.07, 6.45) is 3.74. The van der Waals surface area contributed by atoms with E-state index in [1.807, 2.05) is 12.1 Å². The van der Waals surface area contributed by atoms with Gasteiger partial charge in [0.2, 0.25) is 0 Å². The molecule has 0 bridgehead atoms. The number of hydrogen-bond acceptors (Lipinski definition) is 2. The number of hydrogen-bond donors (Lipinski definition) is 2. The first-order valence-corrected chi connectivity index (χ1v) is 6.90. The Morgan fingerprint density at radius 2 is 2.00 bits per heavy atom. The Balaban J connectivity index is 1.86. The van der Waals surface area contributed by atoms with Crippen LogP contribution in [0.3, 0.4) is 0 Å². The Morgan fingerprint density at radius 3 is 2.65 bits per heavy atom. The third-order valence-corrected chi connectivity index (χ3v) is 4.86. The van der Waals surface area contributed by atoms with Crippen LogP contribution in [0.25, 0.3) is 0 Å². The highest BCUT2D eigenvalue weighted by Gasteiger charge is 2.48. The third-order valence-electron chi connectivity index (χ3n) is 4.25. The van der Waals surface area contributed by atoms with Gasteiger partial charge in [0.1, 0.15) is 5.82 Å². The van der Waals surface area contributed by atoms with Gasteiger partial charge in [-0.3, -0.25) is 11.3 Å². The summed E-state index contributed by atoms with van der Waals surface area (Å²) in [6.45, 7) is 0. The molecule has 1 aromatic rings. The van der Waals surface area contributed by atoms with E-state index in [1.54, 1.807) is 6.07 Å². The predicted octanol–water partition coefficient (Wildman–Crippen LogP) is 3.14. The van der Waals surface area contributed by atoms with Crippen LogP contribution in [-0.2, 0) is 0 Å². The molecule has 92 valence electrons. The summed E-state index contributed by atoms with van der Waals surface area (Å²) in [5, 5.41) is 0. The second kappa shape index (κ2) is 4.34. The largest absolute Gasteiger partial charge is 0.271 e. The van der Waals surface area contributed by atoms with Crippen LogP contribution < -0.4 is 11.3 Å². The number of benzene rings is 1. The average Bonchev–Trinajstić information content (AvgIpc) is 2.93. The molecule has 0 saturated heterocycles. The van der Waals surface area contributed by atoms with Gasteiger partial charge in [0.25, 0.3) is 0 Å². The van der Waals surface area contributed by atoms with Gasteiger partial charge in [-0.15, -0.1) is 0 Å². The first kappa shape index (κ1) is 11.6. The third kappa shape index (κ3) is 2.02. The Labute approximate surface area is 109 Å². The van der Waals surface area contributed by atoms with E-state index >= 15 is 0 Å². The van der Waals surface area contributed by atoms with E-state index in [0.29, 0.717) is 16.0 Å². The fourth-order valence-corrected chi connectivity index (χ4v) is 3.66. The molecule has 0 radical (unpaired) electrons. The lowest BCUT2D eigenvalue weighted by Gasteiger charge is -2.25. The molecule has 1 aromatic carbocycles. The van der Waals surface area contributed by atoms with Crippen LogP contribution in [0.2, 0.25) is 0 Å². The van der Waals surface area contributed by atoms with E-state index in [9.17, 15) is 4.39 Å². The van der Waals surface area contributed by atoms with Gasteiger partial charge in [0.15, 0.2) is 0 Å². The Morgan fingerprint density at radius 1 is 1.29 bits per heavy atom. The summed E-state index contributed by atoms with van der Waals surface area (Å²) in [6, 6.07) is 5.36. The topological polar surface area (TPSA) is 38.0 Å². The molecule has 2 fully saturated rings. The first-order chi connectivity index (χ1) is 8.20. The molecule has 0 spiro atoms. The summed E-state index contributed by atoms with van der Waals surface area (Å²) in [5.74, 6) is 7.69. The lowest BCUT2D eigenvalue weighted by Crippen LogP contribution is -2.33. The van der Waals surface area contributed by atoms with E-state index in [4.69, 9.17) is 5.84 Å². The fourth-order valence-electron chi connectivity index (χ4n) is 3.27. The van der Waals surface area contributed by atoms with Gasteiger partial charge in [-0.2, -0.15) is 0 Å². The molecule has 0 amide bonds. The molecule has 3 unspecified atom stereocenters. The molecule has 2 saturated carbocycles. The molecule has 3 N–H and O–H groups in total. The van der Waals surface area contributed by atoms with Gasteiger partial charge in [-0.05, 0) is 59.0 Å². The Bertz CT molecular complexity index is 427. The van der Waals surface area contributed by atoms with Crippen molar-refractivity contribution in [2.45, 2.75) is 25.3 Å². The molecule has 3 rings (SSSR count). The van der Waals surface area contributed by atoms with E-state index in [1.165, 1.54) is 19.3 Å². The van der Waals surface area contributed by atoms with Crippen molar-refractivity contribution in [3.63, 3.8) is 0 Å². The Kier molecular flexibility index (Phi) is 2.97. The molecule has 2 nitrogen and oxygen atoms in total. The van der Waals surface area contributed by atoms with Crippen LogP contribution in [0.5, 0.6) is 0 Å². The molecule has 0 aromatic heterocycles. The first-order valence-electron chi connectivity index (χ1n) is 6.10. The monoisotopic (exact) mass is 298 g/mol. The molecule has 2 aliphatic carbocycles. The zero-order valence-electron chi connectivity index (χ0n) is 9.50. The number of halogens is 2. The van der Waals surface area contributed by atoms with E-state index in [-0.39, 0.29) is 11.9 Å². The summed E-state index contributed by atoms with van der Waals surface area (Å²) in [7, 11) is 0. The van der Waals surface area contributed by atoms with Crippen molar-refractivity contribution >= 4 is 15.9 Å². The van der Waals surface area contributed by atoms with Gasteiger partial charge in [-0.1, -0.05) is 12.1 Å². The molecular formula is C13H16BrFN2. The maximum Gasteiger partial charge on any atom is 0.142 e. The lowest BCUT2D eigenvalue weighted by atomic mass is 9.89. The molecule has 0 aliphatic heterocycles. The standard InChI is InChI=1S/C13H16BrFN2/c14-11-3-1-2-10(12(11)15)13(17-16)9-5-7-4-8(7)6-9/h1-3,7-9,13,17H,4-6,16H2. The van der Waals surface area contributed by atoms with Crippen LogP contribution in [0.15, 0.2) is 22.7 Å².